The zero-order valence-corrected chi connectivity index (χ0v) is 22.4. The first-order valence-corrected chi connectivity index (χ1v) is 12.6. The van der Waals surface area contributed by atoms with Gasteiger partial charge in [0.2, 0.25) is 5.91 Å². The zero-order chi connectivity index (χ0) is 25.9. The molecule has 0 aliphatic heterocycles. The van der Waals surface area contributed by atoms with Crippen LogP contribution in [0.5, 0.6) is 11.5 Å². The maximum atomic E-state index is 12.6. The first-order chi connectivity index (χ1) is 17.2. The minimum Gasteiger partial charge on any atom is -0.496 e. The monoisotopic (exact) mass is 524 g/mol. The molecule has 3 aromatic rings. The van der Waals surface area contributed by atoms with Gasteiger partial charge in [-0.1, -0.05) is 74.3 Å². The lowest BCUT2D eigenvalue weighted by molar-refractivity contribution is -0.122. The average Bonchev–Trinajstić information content (AvgIpc) is 3.66. The Morgan fingerprint density at radius 2 is 1.83 bits per heavy atom. The highest BCUT2D eigenvalue weighted by Crippen LogP contribution is 2.47. The molecule has 7 heteroatoms. The highest BCUT2D eigenvalue weighted by Gasteiger charge is 2.44. The van der Waals surface area contributed by atoms with Crippen molar-refractivity contribution in [2.75, 3.05) is 7.11 Å². The molecule has 0 aromatic heterocycles. The smallest absolute Gasteiger partial charge is 0.243 e. The Morgan fingerprint density at radius 3 is 2.53 bits per heavy atom. The van der Waals surface area contributed by atoms with E-state index < -0.39 is 0 Å². The number of hydrazone groups is 1. The van der Waals surface area contributed by atoms with Crippen molar-refractivity contribution in [1.82, 2.24) is 5.43 Å². The van der Waals surface area contributed by atoms with Gasteiger partial charge in [0.15, 0.2) is 0 Å². The topological polar surface area (TPSA) is 59.9 Å². The fourth-order valence-corrected chi connectivity index (χ4v) is 4.43. The number of nitrogens with one attached hydrogen (secondary N) is 1. The Morgan fingerprint density at radius 1 is 1.08 bits per heavy atom. The molecule has 1 N–H and O–H groups in total. The van der Waals surface area contributed by atoms with Crippen LogP contribution in [0, 0.1) is 5.92 Å². The van der Waals surface area contributed by atoms with Crippen molar-refractivity contribution in [2.24, 2.45) is 11.0 Å². The molecule has 0 unspecified atom stereocenters. The predicted molar refractivity (Wildman–Crippen MR) is 146 cm³/mol. The second-order valence-corrected chi connectivity index (χ2v) is 10.8. The molecule has 1 aliphatic carbocycles. The molecule has 1 fully saturated rings. The molecule has 0 bridgehead atoms. The largest absolute Gasteiger partial charge is 0.496 e. The molecule has 188 valence electrons. The Bertz CT molecular complexity index is 1270. The van der Waals surface area contributed by atoms with Crippen molar-refractivity contribution in [3.8, 4) is 11.5 Å². The van der Waals surface area contributed by atoms with Gasteiger partial charge in [0.1, 0.15) is 23.1 Å². The zero-order valence-electron chi connectivity index (χ0n) is 20.8. The lowest BCUT2D eigenvalue weighted by Gasteiger charge is -2.19. The first-order valence-electron chi connectivity index (χ1n) is 11.8. The number of carbonyl (C=O) groups is 1. The number of benzene rings is 3. The van der Waals surface area contributed by atoms with Crippen molar-refractivity contribution in [1.29, 1.82) is 0 Å². The van der Waals surface area contributed by atoms with E-state index >= 15 is 0 Å². The average molecular weight is 525 g/mol. The summed E-state index contributed by atoms with van der Waals surface area (Å²) in [5.74, 6) is 1.29. The van der Waals surface area contributed by atoms with Gasteiger partial charge in [0.25, 0.3) is 0 Å². The minimum atomic E-state index is -0.0659. The number of halogens is 2. The second-order valence-electron chi connectivity index (χ2n) is 9.97. The van der Waals surface area contributed by atoms with E-state index in [0.29, 0.717) is 21.5 Å². The molecule has 3 aromatic carbocycles. The third kappa shape index (κ3) is 6.21. The molecule has 36 heavy (non-hydrogen) atoms. The van der Waals surface area contributed by atoms with Gasteiger partial charge in [-0.3, -0.25) is 4.79 Å². The highest BCUT2D eigenvalue weighted by atomic mass is 35.5. The van der Waals surface area contributed by atoms with Gasteiger partial charge in [0, 0.05) is 11.5 Å². The van der Waals surface area contributed by atoms with E-state index in [-0.39, 0.29) is 29.8 Å². The number of nitrogens with zero attached hydrogens (tertiary/aromatic N) is 1. The van der Waals surface area contributed by atoms with Crippen LogP contribution in [0.2, 0.25) is 10.0 Å². The number of ether oxygens (including phenoxy) is 2. The summed E-state index contributed by atoms with van der Waals surface area (Å²) >= 11 is 12.3. The molecule has 5 nitrogen and oxygen atoms in total. The molecule has 1 saturated carbocycles. The minimum absolute atomic E-state index is 0.0510. The van der Waals surface area contributed by atoms with Crippen molar-refractivity contribution in [2.45, 2.75) is 45.1 Å². The summed E-state index contributed by atoms with van der Waals surface area (Å²) in [7, 11) is 1.60. The number of amides is 1. The predicted octanol–water partition coefficient (Wildman–Crippen LogP) is 7.13. The van der Waals surface area contributed by atoms with Crippen LogP contribution in [0.25, 0.3) is 0 Å². The Hall–Kier alpha value is -3.02. The molecule has 0 saturated heterocycles. The summed E-state index contributed by atoms with van der Waals surface area (Å²) in [6, 6.07) is 19.4. The summed E-state index contributed by atoms with van der Waals surface area (Å²) in [6.07, 6.45) is 2.45. The van der Waals surface area contributed by atoms with Crippen LogP contribution in [0.1, 0.15) is 55.4 Å². The number of hydrogen-bond acceptors (Lipinski definition) is 4. The van der Waals surface area contributed by atoms with Crippen LogP contribution in [-0.2, 0) is 16.8 Å². The van der Waals surface area contributed by atoms with E-state index in [0.717, 1.165) is 17.5 Å². The van der Waals surface area contributed by atoms with Gasteiger partial charge < -0.3 is 9.47 Å². The van der Waals surface area contributed by atoms with Gasteiger partial charge >= 0.3 is 0 Å². The van der Waals surface area contributed by atoms with E-state index in [1.165, 1.54) is 11.1 Å². The SMILES string of the molecule is COc1ccc(/C=N/NC(=O)[C@H]2C[C@H]2c2ccc(C(C)(C)C)cc2)cc1COc1cccc(Cl)c1Cl. The molecule has 0 radical (unpaired) electrons. The molecule has 1 amide bonds. The van der Waals surface area contributed by atoms with Crippen LogP contribution in [0.3, 0.4) is 0 Å². The Kier molecular flexibility index (Phi) is 7.91. The normalized spacial score (nSPS) is 17.2. The van der Waals surface area contributed by atoms with Crippen LogP contribution in [0.4, 0.5) is 0 Å². The van der Waals surface area contributed by atoms with E-state index in [4.69, 9.17) is 32.7 Å². The highest BCUT2D eigenvalue weighted by molar-refractivity contribution is 6.42. The fourth-order valence-electron chi connectivity index (χ4n) is 4.08. The molecule has 0 heterocycles. The molecular formula is C29H30Cl2N2O3. The first kappa shape index (κ1) is 26.1. The van der Waals surface area contributed by atoms with Crippen molar-refractivity contribution in [3.05, 3.63) is 93.0 Å². The number of methoxy groups -OCH3 is 1. The van der Waals surface area contributed by atoms with E-state index in [2.05, 4.69) is 55.6 Å². The standard InChI is InChI=1S/C29H30Cl2N2O3/c1-29(2,3)21-11-9-19(10-12-21)22-15-23(22)28(34)33-32-16-18-8-13-25(35-4)20(14-18)17-36-26-7-5-6-24(30)27(26)31/h5-14,16,22-23H,15,17H2,1-4H3,(H,33,34)/b32-16+/t22-,23-/m0/s1. The number of rotatable bonds is 8. The van der Waals surface area contributed by atoms with Crippen molar-refractivity contribution in [3.63, 3.8) is 0 Å². The third-order valence-corrected chi connectivity index (χ3v) is 7.13. The van der Waals surface area contributed by atoms with Crippen LogP contribution < -0.4 is 14.9 Å². The lowest BCUT2D eigenvalue weighted by Crippen LogP contribution is -2.20. The Labute approximate surface area is 222 Å². The van der Waals surface area contributed by atoms with Crippen molar-refractivity contribution < 1.29 is 14.3 Å². The summed E-state index contributed by atoms with van der Waals surface area (Å²) in [4.78, 5) is 12.6. The summed E-state index contributed by atoms with van der Waals surface area (Å²) in [5.41, 5.74) is 6.90. The lowest BCUT2D eigenvalue weighted by atomic mass is 9.86. The quantitative estimate of drug-likeness (QED) is 0.251. The van der Waals surface area contributed by atoms with Gasteiger partial charge in [-0.15, -0.1) is 0 Å². The van der Waals surface area contributed by atoms with Crippen LogP contribution in [-0.4, -0.2) is 19.2 Å². The fraction of sp³-hybridized carbons (Fsp3) is 0.310. The molecule has 0 spiro atoms. The van der Waals surface area contributed by atoms with Crippen molar-refractivity contribution >= 4 is 35.3 Å². The third-order valence-electron chi connectivity index (χ3n) is 6.32. The maximum absolute atomic E-state index is 12.6. The van der Waals surface area contributed by atoms with E-state index in [1.807, 2.05) is 18.2 Å². The summed E-state index contributed by atoms with van der Waals surface area (Å²) in [6.45, 7) is 6.82. The van der Waals surface area contributed by atoms with Gasteiger partial charge in [-0.25, -0.2) is 5.43 Å². The molecule has 4 rings (SSSR count). The Balaban J connectivity index is 1.35. The maximum Gasteiger partial charge on any atom is 0.243 e. The van der Waals surface area contributed by atoms with E-state index in [1.54, 1.807) is 31.5 Å². The molecular weight excluding hydrogens is 495 g/mol. The number of hydrogen-bond donors (Lipinski definition) is 1. The second kappa shape index (κ2) is 10.9. The van der Waals surface area contributed by atoms with Gasteiger partial charge in [-0.2, -0.15) is 5.10 Å². The van der Waals surface area contributed by atoms with Gasteiger partial charge in [-0.05, 0) is 64.8 Å². The van der Waals surface area contributed by atoms with Crippen LogP contribution >= 0.6 is 23.2 Å². The molecule has 2 atom stereocenters. The van der Waals surface area contributed by atoms with E-state index in [9.17, 15) is 4.79 Å². The summed E-state index contributed by atoms with van der Waals surface area (Å²) < 4.78 is 11.3. The van der Waals surface area contributed by atoms with Crippen LogP contribution in [0.15, 0.2) is 65.8 Å². The summed E-state index contributed by atoms with van der Waals surface area (Å²) in [5, 5.41) is 4.96. The van der Waals surface area contributed by atoms with Gasteiger partial charge in [0.05, 0.1) is 18.3 Å². The number of carbonyl (C=O) groups excluding carboxylic acids is 1. The molecule has 1 aliphatic rings.